The first-order valence-electron chi connectivity index (χ1n) is 13.5. The van der Waals surface area contributed by atoms with Crippen LogP contribution in [0.1, 0.15) is 0 Å². The summed E-state index contributed by atoms with van der Waals surface area (Å²) in [7, 11) is 0. The van der Waals surface area contributed by atoms with Crippen molar-refractivity contribution < 1.29 is 4.39 Å². The standard InChI is InChI=1S/C35H20FN5/c36-26-12-4-3-11-24(26)33-35(39-28-14-6-5-13-27(28)38-33)41-31-19-32-37-29-15-7-8-16-30(29)40(32)20-25(31)23-18-17-21-9-1-2-10-22(21)34(23)41/h1-20H. The molecule has 0 fully saturated rings. The minimum Gasteiger partial charge on any atom is -0.299 e. The van der Waals surface area contributed by atoms with E-state index in [0.29, 0.717) is 22.6 Å². The van der Waals surface area contributed by atoms with Crippen molar-refractivity contribution in [2.75, 3.05) is 0 Å². The van der Waals surface area contributed by atoms with Crippen LogP contribution >= 0.6 is 0 Å². The molecule has 4 heterocycles. The van der Waals surface area contributed by atoms with Gasteiger partial charge in [0.2, 0.25) is 0 Å². The van der Waals surface area contributed by atoms with E-state index in [9.17, 15) is 0 Å². The lowest BCUT2D eigenvalue weighted by Gasteiger charge is -2.15. The lowest BCUT2D eigenvalue weighted by atomic mass is 10.1. The largest absolute Gasteiger partial charge is 0.299 e. The van der Waals surface area contributed by atoms with Crippen molar-refractivity contribution in [3.05, 3.63) is 127 Å². The summed E-state index contributed by atoms with van der Waals surface area (Å²) in [5.41, 5.74) is 7.08. The summed E-state index contributed by atoms with van der Waals surface area (Å²) in [6.07, 6.45) is 2.16. The van der Waals surface area contributed by atoms with Gasteiger partial charge in [0.15, 0.2) is 5.82 Å². The van der Waals surface area contributed by atoms with Crippen molar-refractivity contribution in [3.8, 4) is 17.1 Å². The molecule has 5 nitrogen and oxygen atoms in total. The Labute approximate surface area is 232 Å². The third-order valence-electron chi connectivity index (χ3n) is 7.97. The van der Waals surface area contributed by atoms with Gasteiger partial charge in [-0.3, -0.25) is 8.97 Å². The zero-order valence-corrected chi connectivity index (χ0v) is 21.7. The normalized spacial score (nSPS) is 12.0. The highest BCUT2D eigenvalue weighted by atomic mass is 19.1. The van der Waals surface area contributed by atoms with Crippen LogP contribution in [0.25, 0.3) is 77.4 Å². The molecule has 4 aromatic heterocycles. The number of rotatable bonds is 2. The van der Waals surface area contributed by atoms with Gasteiger partial charge in [-0.05, 0) is 41.8 Å². The van der Waals surface area contributed by atoms with Gasteiger partial charge in [-0.2, -0.15) is 0 Å². The first-order valence-corrected chi connectivity index (χ1v) is 13.5. The summed E-state index contributed by atoms with van der Waals surface area (Å²) < 4.78 is 19.7. The Morgan fingerprint density at radius 2 is 1.29 bits per heavy atom. The minimum atomic E-state index is -0.342. The average Bonchev–Trinajstić information content (AvgIpc) is 3.54. The molecule has 0 unspecified atom stereocenters. The van der Waals surface area contributed by atoms with Gasteiger partial charge in [0.1, 0.15) is 17.2 Å². The predicted octanol–water partition coefficient (Wildman–Crippen LogP) is 8.49. The van der Waals surface area contributed by atoms with E-state index in [0.717, 1.165) is 54.8 Å². The molecule has 5 aromatic carbocycles. The maximum Gasteiger partial charge on any atom is 0.165 e. The number of hydrogen-bond donors (Lipinski definition) is 0. The molecule has 41 heavy (non-hydrogen) atoms. The second kappa shape index (κ2) is 8.19. The predicted molar refractivity (Wildman–Crippen MR) is 163 cm³/mol. The first-order chi connectivity index (χ1) is 20.2. The molecule has 6 heteroatoms. The maximum atomic E-state index is 15.4. The lowest BCUT2D eigenvalue weighted by molar-refractivity contribution is 0.630. The Morgan fingerprint density at radius 1 is 0.561 bits per heavy atom. The van der Waals surface area contributed by atoms with Crippen LogP contribution in [-0.4, -0.2) is 23.9 Å². The Bertz CT molecular complexity index is 2510. The molecule has 0 saturated carbocycles. The van der Waals surface area contributed by atoms with Crippen LogP contribution in [0.15, 0.2) is 121 Å². The van der Waals surface area contributed by atoms with Crippen molar-refractivity contribution in [2.45, 2.75) is 0 Å². The summed E-state index contributed by atoms with van der Waals surface area (Å²) in [6.45, 7) is 0. The maximum absolute atomic E-state index is 15.4. The summed E-state index contributed by atoms with van der Waals surface area (Å²) in [5.74, 6) is 0.233. The lowest BCUT2D eigenvalue weighted by Crippen LogP contribution is -2.05. The molecule has 0 saturated heterocycles. The van der Waals surface area contributed by atoms with Gasteiger partial charge in [-0.25, -0.2) is 19.3 Å². The Kier molecular flexibility index (Phi) is 4.44. The average molecular weight is 530 g/mol. The molecule has 0 radical (unpaired) electrons. The molecule has 9 aromatic rings. The molecular formula is C35H20FN5. The molecule has 9 rings (SSSR count). The number of imidazole rings is 1. The van der Waals surface area contributed by atoms with E-state index in [4.69, 9.17) is 15.0 Å². The Hall–Kier alpha value is -5.62. The van der Waals surface area contributed by atoms with Gasteiger partial charge in [-0.1, -0.05) is 72.8 Å². The first kappa shape index (κ1) is 22.2. The molecular weight excluding hydrogens is 509 g/mol. The van der Waals surface area contributed by atoms with E-state index in [1.807, 2.05) is 60.7 Å². The molecule has 0 bridgehead atoms. The van der Waals surface area contributed by atoms with Crippen molar-refractivity contribution in [2.24, 2.45) is 0 Å². The minimum absolute atomic E-state index is 0.342. The monoisotopic (exact) mass is 529 g/mol. The third kappa shape index (κ3) is 3.13. The number of halogens is 1. The molecule has 0 atom stereocenters. The van der Waals surface area contributed by atoms with E-state index in [1.54, 1.807) is 12.1 Å². The fourth-order valence-corrected chi connectivity index (χ4v) is 6.12. The van der Waals surface area contributed by atoms with Gasteiger partial charge in [-0.15, -0.1) is 0 Å². The van der Waals surface area contributed by atoms with Crippen LogP contribution in [0.5, 0.6) is 0 Å². The van der Waals surface area contributed by atoms with Crippen LogP contribution in [0.4, 0.5) is 4.39 Å². The molecule has 0 aliphatic carbocycles. The molecule has 0 N–H and O–H groups in total. The van der Waals surface area contributed by atoms with Gasteiger partial charge in [0, 0.05) is 34.0 Å². The van der Waals surface area contributed by atoms with Gasteiger partial charge in [0.25, 0.3) is 0 Å². The topological polar surface area (TPSA) is 48.0 Å². The van der Waals surface area contributed by atoms with Crippen LogP contribution in [0.2, 0.25) is 0 Å². The zero-order chi connectivity index (χ0) is 27.1. The van der Waals surface area contributed by atoms with Crippen LogP contribution in [-0.2, 0) is 0 Å². The van der Waals surface area contributed by atoms with E-state index >= 15 is 4.39 Å². The van der Waals surface area contributed by atoms with E-state index in [1.165, 1.54) is 6.07 Å². The number of nitrogens with zero attached hydrogens (tertiary/aromatic N) is 5. The molecule has 0 spiro atoms. The highest BCUT2D eigenvalue weighted by Gasteiger charge is 2.23. The van der Waals surface area contributed by atoms with Gasteiger partial charge in [0.05, 0.1) is 33.1 Å². The number of fused-ring (bicyclic) bond motifs is 9. The Morgan fingerprint density at radius 3 is 2.17 bits per heavy atom. The zero-order valence-electron chi connectivity index (χ0n) is 21.7. The van der Waals surface area contributed by atoms with Crippen LogP contribution in [0.3, 0.4) is 0 Å². The second-order valence-corrected chi connectivity index (χ2v) is 10.3. The summed E-state index contributed by atoms with van der Waals surface area (Å²) in [6, 6.07) is 37.4. The third-order valence-corrected chi connectivity index (χ3v) is 7.97. The van der Waals surface area contributed by atoms with Gasteiger partial charge >= 0.3 is 0 Å². The van der Waals surface area contributed by atoms with Gasteiger partial charge < -0.3 is 0 Å². The SMILES string of the molecule is Fc1ccccc1-c1nc2ccccc2nc1-n1c2cc3nc4ccccc4n3cc2c2ccc3ccccc3c21. The number of para-hydroxylation sites is 4. The van der Waals surface area contributed by atoms with Crippen molar-refractivity contribution in [1.82, 2.24) is 23.9 Å². The fraction of sp³-hybridized carbons (Fsp3) is 0. The smallest absolute Gasteiger partial charge is 0.165 e. The number of aromatic nitrogens is 5. The van der Waals surface area contributed by atoms with Crippen molar-refractivity contribution >= 4 is 60.3 Å². The molecule has 0 amide bonds. The summed E-state index contributed by atoms with van der Waals surface area (Å²) in [5, 5.41) is 4.32. The van der Waals surface area contributed by atoms with E-state index < -0.39 is 0 Å². The second-order valence-electron chi connectivity index (χ2n) is 10.3. The summed E-state index contributed by atoms with van der Waals surface area (Å²) >= 11 is 0. The summed E-state index contributed by atoms with van der Waals surface area (Å²) in [4.78, 5) is 15.1. The number of pyridine rings is 1. The fourth-order valence-electron chi connectivity index (χ4n) is 6.12. The molecule has 0 aliphatic rings. The Balaban J connectivity index is 1.53. The van der Waals surface area contributed by atoms with Crippen molar-refractivity contribution in [3.63, 3.8) is 0 Å². The quantitative estimate of drug-likeness (QED) is 0.226. The van der Waals surface area contributed by atoms with Crippen LogP contribution in [0, 0.1) is 5.82 Å². The highest BCUT2D eigenvalue weighted by molar-refractivity contribution is 6.19. The van der Waals surface area contributed by atoms with Crippen molar-refractivity contribution in [1.29, 1.82) is 0 Å². The van der Waals surface area contributed by atoms with E-state index in [-0.39, 0.29) is 5.82 Å². The number of hydrogen-bond acceptors (Lipinski definition) is 3. The van der Waals surface area contributed by atoms with E-state index in [2.05, 4.69) is 51.6 Å². The van der Waals surface area contributed by atoms with Crippen LogP contribution < -0.4 is 0 Å². The molecule has 192 valence electrons. The molecule has 0 aliphatic heterocycles. The highest BCUT2D eigenvalue weighted by Crippen LogP contribution is 2.40. The number of benzene rings is 5.